The summed E-state index contributed by atoms with van der Waals surface area (Å²) in [6.07, 6.45) is 2.45. The van der Waals surface area contributed by atoms with Crippen LogP contribution in [0.15, 0.2) is 22.3 Å². The van der Waals surface area contributed by atoms with Crippen molar-refractivity contribution in [2.24, 2.45) is 0 Å². The first-order valence-corrected chi connectivity index (χ1v) is 13.3. The first-order chi connectivity index (χ1) is 14.9. The molecule has 1 fully saturated rings. The van der Waals surface area contributed by atoms with Crippen molar-refractivity contribution in [3.63, 3.8) is 0 Å². The monoisotopic (exact) mass is 476 g/mol. The van der Waals surface area contributed by atoms with Crippen LogP contribution in [0.3, 0.4) is 0 Å². The molecular formula is C22H28N4O2S3. The van der Waals surface area contributed by atoms with Gasteiger partial charge in [0.05, 0.1) is 22.4 Å². The maximum atomic E-state index is 12.7. The minimum absolute atomic E-state index is 0.0250. The van der Waals surface area contributed by atoms with Gasteiger partial charge >= 0.3 is 0 Å². The smallest absolute Gasteiger partial charge is 0.259 e. The maximum Gasteiger partial charge on any atom is 0.259 e. The summed E-state index contributed by atoms with van der Waals surface area (Å²) in [5, 5.41) is 5.71. The number of fused-ring (bicyclic) bond motifs is 1. The number of hydrogen-bond acceptors (Lipinski definition) is 7. The van der Waals surface area contributed by atoms with Gasteiger partial charge < -0.3 is 10.3 Å². The van der Waals surface area contributed by atoms with Gasteiger partial charge in [-0.05, 0) is 63.7 Å². The van der Waals surface area contributed by atoms with E-state index < -0.39 is 0 Å². The molecule has 4 heterocycles. The Kier molecular flexibility index (Phi) is 7.15. The average molecular weight is 477 g/mol. The van der Waals surface area contributed by atoms with Gasteiger partial charge in [-0.15, -0.1) is 34.4 Å². The molecule has 1 aliphatic heterocycles. The van der Waals surface area contributed by atoms with Crippen LogP contribution in [-0.4, -0.2) is 45.7 Å². The van der Waals surface area contributed by atoms with E-state index >= 15 is 0 Å². The number of carbonyl (C=O) groups excluding carboxylic acids is 1. The first-order valence-electron chi connectivity index (χ1n) is 10.6. The average Bonchev–Trinajstić information content (AvgIpc) is 3.50. The minimum Gasteiger partial charge on any atom is -0.353 e. The molecule has 0 aromatic carbocycles. The van der Waals surface area contributed by atoms with Crippen molar-refractivity contribution in [3.05, 3.63) is 49.0 Å². The molecule has 3 aromatic rings. The fourth-order valence-corrected chi connectivity index (χ4v) is 6.62. The van der Waals surface area contributed by atoms with E-state index in [2.05, 4.69) is 37.7 Å². The number of H-pyrrole nitrogens is 1. The largest absolute Gasteiger partial charge is 0.353 e. The summed E-state index contributed by atoms with van der Waals surface area (Å²) in [6, 6.07) is 4.48. The van der Waals surface area contributed by atoms with Crippen molar-refractivity contribution < 1.29 is 4.79 Å². The lowest BCUT2D eigenvalue weighted by Crippen LogP contribution is -2.39. The van der Waals surface area contributed by atoms with Gasteiger partial charge in [0.25, 0.3) is 5.56 Å². The van der Waals surface area contributed by atoms with Gasteiger partial charge in [-0.3, -0.25) is 14.5 Å². The molecule has 0 spiro atoms. The second-order valence-electron chi connectivity index (χ2n) is 7.95. The zero-order chi connectivity index (χ0) is 22.0. The molecule has 9 heteroatoms. The second kappa shape index (κ2) is 9.85. The van der Waals surface area contributed by atoms with Gasteiger partial charge in [0.1, 0.15) is 10.7 Å². The number of nitrogens with one attached hydrogen (secondary N) is 2. The van der Waals surface area contributed by atoms with Crippen LogP contribution in [0.4, 0.5) is 0 Å². The number of aryl methyl sites for hydroxylation is 2. The van der Waals surface area contributed by atoms with Gasteiger partial charge in [-0.1, -0.05) is 6.07 Å². The molecule has 1 saturated heterocycles. The van der Waals surface area contributed by atoms with E-state index in [4.69, 9.17) is 0 Å². The van der Waals surface area contributed by atoms with Crippen LogP contribution in [0.2, 0.25) is 0 Å². The lowest BCUT2D eigenvalue weighted by Gasteiger charge is -2.27. The molecule has 166 valence electrons. The Labute approximate surface area is 194 Å². The molecule has 0 radical (unpaired) electrons. The van der Waals surface area contributed by atoms with Crippen molar-refractivity contribution in [3.8, 4) is 0 Å². The number of nitrogens with zero attached hydrogens (tertiary/aromatic N) is 2. The predicted molar refractivity (Wildman–Crippen MR) is 131 cm³/mol. The summed E-state index contributed by atoms with van der Waals surface area (Å²) in [5.41, 5.74) is 0.906. The number of hydrogen-bond donors (Lipinski definition) is 2. The number of rotatable bonds is 8. The summed E-state index contributed by atoms with van der Waals surface area (Å²) in [7, 11) is 0. The molecule has 2 atom stereocenters. The minimum atomic E-state index is -0.227. The second-order valence-corrected chi connectivity index (χ2v) is 11.5. The number of amides is 1. The van der Waals surface area contributed by atoms with E-state index in [1.165, 1.54) is 29.5 Å². The van der Waals surface area contributed by atoms with E-state index in [-0.39, 0.29) is 22.8 Å². The fourth-order valence-electron chi connectivity index (χ4n) is 3.93. The van der Waals surface area contributed by atoms with E-state index in [9.17, 15) is 9.59 Å². The molecule has 31 heavy (non-hydrogen) atoms. The van der Waals surface area contributed by atoms with E-state index in [1.807, 2.05) is 20.8 Å². The Morgan fingerprint density at radius 2 is 2.13 bits per heavy atom. The van der Waals surface area contributed by atoms with E-state index in [0.717, 1.165) is 28.4 Å². The van der Waals surface area contributed by atoms with E-state index in [0.29, 0.717) is 23.5 Å². The molecule has 6 nitrogen and oxygen atoms in total. The first kappa shape index (κ1) is 22.5. The van der Waals surface area contributed by atoms with Crippen molar-refractivity contribution in [2.45, 2.75) is 50.7 Å². The van der Waals surface area contributed by atoms with Gasteiger partial charge in [-0.2, -0.15) is 0 Å². The lowest BCUT2D eigenvalue weighted by atomic mass is 10.2. The van der Waals surface area contributed by atoms with Gasteiger partial charge in [0, 0.05) is 16.3 Å². The molecule has 0 aliphatic carbocycles. The Bertz CT molecular complexity index is 1100. The molecule has 1 aliphatic rings. The van der Waals surface area contributed by atoms with E-state index in [1.54, 1.807) is 22.7 Å². The zero-order valence-corrected chi connectivity index (χ0v) is 20.5. The molecular weight excluding hydrogens is 448 g/mol. The van der Waals surface area contributed by atoms with Crippen LogP contribution < -0.4 is 10.9 Å². The van der Waals surface area contributed by atoms with Crippen molar-refractivity contribution >= 4 is 50.6 Å². The van der Waals surface area contributed by atoms with Crippen molar-refractivity contribution in [1.29, 1.82) is 0 Å². The summed E-state index contributed by atoms with van der Waals surface area (Å²) < 4.78 is 0. The highest BCUT2D eigenvalue weighted by atomic mass is 32.2. The SMILES string of the molecule is Cc1sc2nc(CSC(C)C(=O)NCC(c3cccs3)N3CCCC3)[nH]c(=O)c2c1C. The Hall–Kier alpha value is -1.68. The molecule has 1 amide bonds. The summed E-state index contributed by atoms with van der Waals surface area (Å²) in [5.74, 6) is 1.14. The number of carbonyl (C=O) groups is 1. The predicted octanol–water partition coefficient (Wildman–Crippen LogP) is 4.24. The standard InChI is InChI=1S/C22H28N4O2S3/c1-13-14(2)31-22-19(13)21(28)24-18(25-22)12-30-15(3)20(27)23-11-16(17-7-6-10-29-17)26-8-4-5-9-26/h6-7,10,15-16H,4-5,8-9,11-12H2,1-3H3,(H,23,27)(H,24,25,28). The zero-order valence-electron chi connectivity index (χ0n) is 18.1. The maximum absolute atomic E-state index is 12.7. The molecule has 0 saturated carbocycles. The van der Waals surface area contributed by atoms with Crippen LogP contribution in [0.5, 0.6) is 0 Å². The topological polar surface area (TPSA) is 78.1 Å². The number of likely N-dealkylation sites (tertiary alicyclic amines) is 1. The number of thiophene rings is 2. The molecule has 3 aromatic heterocycles. The summed E-state index contributed by atoms with van der Waals surface area (Å²) >= 11 is 4.79. The molecule has 2 N–H and O–H groups in total. The highest BCUT2D eigenvalue weighted by molar-refractivity contribution is 7.99. The highest BCUT2D eigenvalue weighted by Gasteiger charge is 2.25. The van der Waals surface area contributed by atoms with Crippen LogP contribution in [-0.2, 0) is 10.5 Å². The Balaban J connectivity index is 1.35. The third-order valence-electron chi connectivity index (χ3n) is 5.85. The molecule has 0 bridgehead atoms. The lowest BCUT2D eigenvalue weighted by molar-refractivity contribution is -0.120. The van der Waals surface area contributed by atoms with Crippen LogP contribution in [0, 0.1) is 13.8 Å². The normalized spacial score (nSPS) is 16.6. The Morgan fingerprint density at radius 3 is 2.84 bits per heavy atom. The Morgan fingerprint density at radius 1 is 1.35 bits per heavy atom. The van der Waals surface area contributed by atoms with Crippen LogP contribution in [0.1, 0.15) is 46.9 Å². The van der Waals surface area contributed by atoms with Gasteiger partial charge in [-0.25, -0.2) is 4.98 Å². The fraction of sp³-hybridized carbons (Fsp3) is 0.500. The van der Waals surface area contributed by atoms with Crippen molar-refractivity contribution in [2.75, 3.05) is 19.6 Å². The summed E-state index contributed by atoms with van der Waals surface area (Å²) in [6.45, 7) is 8.67. The number of aromatic amines is 1. The third-order valence-corrected chi connectivity index (χ3v) is 9.08. The van der Waals surface area contributed by atoms with Crippen molar-refractivity contribution in [1.82, 2.24) is 20.2 Å². The van der Waals surface area contributed by atoms with Gasteiger partial charge in [0.15, 0.2) is 0 Å². The van der Waals surface area contributed by atoms with Crippen LogP contribution in [0.25, 0.3) is 10.2 Å². The highest BCUT2D eigenvalue weighted by Crippen LogP contribution is 2.29. The quantitative estimate of drug-likeness (QED) is 0.509. The molecule has 4 rings (SSSR count). The summed E-state index contributed by atoms with van der Waals surface area (Å²) in [4.78, 5) is 38.4. The van der Waals surface area contributed by atoms with Crippen LogP contribution >= 0.6 is 34.4 Å². The number of aromatic nitrogens is 2. The molecule has 2 unspecified atom stereocenters. The number of thioether (sulfide) groups is 1. The van der Waals surface area contributed by atoms with Gasteiger partial charge in [0.2, 0.25) is 5.91 Å². The third kappa shape index (κ3) is 5.05.